The van der Waals surface area contributed by atoms with E-state index in [-0.39, 0.29) is 33.9 Å². The minimum absolute atomic E-state index is 0.102. The van der Waals surface area contributed by atoms with Crippen LogP contribution in [0.25, 0.3) is 21.5 Å². The molecule has 0 radical (unpaired) electrons. The topological polar surface area (TPSA) is 157 Å². The second kappa shape index (κ2) is 7.35. The molecule has 1 fully saturated rings. The van der Waals surface area contributed by atoms with Crippen LogP contribution >= 0.6 is 11.3 Å². The predicted molar refractivity (Wildman–Crippen MR) is 112 cm³/mol. The number of hydrogen-bond acceptors (Lipinski definition) is 9. The lowest BCUT2D eigenvalue weighted by Gasteiger charge is -2.11. The monoisotopic (exact) mass is 425 g/mol. The van der Waals surface area contributed by atoms with E-state index in [9.17, 15) is 14.9 Å². The van der Waals surface area contributed by atoms with Crippen LogP contribution in [0.3, 0.4) is 0 Å². The van der Waals surface area contributed by atoms with Gasteiger partial charge in [0.2, 0.25) is 0 Å². The number of thiophene rings is 1. The van der Waals surface area contributed by atoms with Crippen LogP contribution in [0.15, 0.2) is 16.5 Å². The zero-order valence-electron chi connectivity index (χ0n) is 16.3. The number of amides is 1. The van der Waals surface area contributed by atoms with Crippen molar-refractivity contribution >= 4 is 44.9 Å². The molecule has 5 N–H and O–H groups in total. The Morgan fingerprint density at radius 3 is 2.83 bits per heavy atom. The summed E-state index contributed by atoms with van der Waals surface area (Å²) in [5, 5.41) is 13.5. The van der Waals surface area contributed by atoms with Gasteiger partial charge in [-0.3, -0.25) is 9.59 Å². The molecule has 0 saturated heterocycles. The fraction of sp³-hybridized carbons (Fsp3) is 0.300. The van der Waals surface area contributed by atoms with Crippen molar-refractivity contribution in [3.05, 3.63) is 28.3 Å². The highest BCUT2D eigenvalue weighted by molar-refractivity contribution is 7.21. The lowest BCUT2D eigenvalue weighted by atomic mass is 10.0. The van der Waals surface area contributed by atoms with E-state index in [1.807, 2.05) is 0 Å². The molecular formula is C20H19N5O4S. The number of pyridine rings is 1. The number of aryl methyl sites for hydroxylation is 1. The number of methoxy groups -OCH3 is 1. The number of hydrogen-bond donors (Lipinski definition) is 3. The number of primary amides is 1. The number of carbonyl (C=O) groups is 2. The highest BCUT2D eigenvalue weighted by Crippen LogP contribution is 2.44. The van der Waals surface area contributed by atoms with E-state index in [1.54, 1.807) is 19.1 Å². The summed E-state index contributed by atoms with van der Waals surface area (Å²) in [6, 6.07) is 5.69. The number of nitriles is 1. The molecule has 1 aliphatic carbocycles. The SMILES string of the molecule is COC(=O)C1CC1CNc1nc2sc(C(N)=O)c(N)c2c(-c2ccc(C)o2)c1C#N. The van der Waals surface area contributed by atoms with E-state index < -0.39 is 5.91 Å². The number of rotatable bonds is 6. The van der Waals surface area contributed by atoms with E-state index in [4.69, 9.17) is 20.6 Å². The largest absolute Gasteiger partial charge is 0.469 e. The van der Waals surface area contributed by atoms with Crippen molar-refractivity contribution in [1.82, 2.24) is 4.98 Å². The summed E-state index contributed by atoms with van der Waals surface area (Å²) >= 11 is 1.06. The Hall–Kier alpha value is -3.58. The Bertz CT molecular complexity index is 1220. The average molecular weight is 425 g/mol. The van der Waals surface area contributed by atoms with Gasteiger partial charge in [0.15, 0.2) is 0 Å². The third-order valence-corrected chi connectivity index (χ3v) is 6.27. The molecule has 4 rings (SSSR count). The molecule has 2 unspecified atom stereocenters. The average Bonchev–Trinajstić information content (AvgIpc) is 3.26. The molecule has 30 heavy (non-hydrogen) atoms. The second-order valence-corrected chi connectivity index (χ2v) is 8.13. The Morgan fingerprint density at radius 2 is 2.23 bits per heavy atom. The molecule has 0 aliphatic heterocycles. The van der Waals surface area contributed by atoms with Gasteiger partial charge in [-0.2, -0.15) is 5.26 Å². The molecule has 9 nitrogen and oxygen atoms in total. The maximum Gasteiger partial charge on any atom is 0.309 e. The molecule has 1 aliphatic rings. The molecule has 3 aromatic rings. The number of nitrogens with one attached hydrogen (secondary N) is 1. The summed E-state index contributed by atoms with van der Waals surface area (Å²) in [7, 11) is 1.36. The molecule has 1 saturated carbocycles. The second-order valence-electron chi connectivity index (χ2n) is 7.13. The van der Waals surface area contributed by atoms with Crippen LogP contribution in [0.4, 0.5) is 11.5 Å². The quantitative estimate of drug-likeness (QED) is 0.509. The maximum atomic E-state index is 11.8. The molecule has 10 heteroatoms. The number of ether oxygens (including phenoxy) is 1. The van der Waals surface area contributed by atoms with Crippen LogP contribution in [-0.2, 0) is 9.53 Å². The first kappa shape index (κ1) is 19.7. The van der Waals surface area contributed by atoms with Crippen LogP contribution in [0.5, 0.6) is 0 Å². The minimum Gasteiger partial charge on any atom is -0.469 e. The smallest absolute Gasteiger partial charge is 0.309 e. The number of nitrogen functional groups attached to an aromatic ring is 1. The number of aromatic nitrogens is 1. The van der Waals surface area contributed by atoms with Gasteiger partial charge >= 0.3 is 5.97 Å². The fourth-order valence-electron chi connectivity index (χ4n) is 3.53. The highest BCUT2D eigenvalue weighted by atomic mass is 32.1. The van der Waals surface area contributed by atoms with Crippen LogP contribution in [0.1, 0.15) is 27.4 Å². The number of anilines is 2. The van der Waals surface area contributed by atoms with Gasteiger partial charge in [-0.15, -0.1) is 11.3 Å². The van der Waals surface area contributed by atoms with Crippen molar-refractivity contribution in [3.63, 3.8) is 0 Å². The highest BCUT2D eigenvalue weighted by Gasteiger charge is 2.43. The Morgan fingerprint density at radius 1 is 1.47 bits per heavy atom. The van der Waals surface area contributed by atoms with Gasteiger partial charge in [-0.1, -0.05) is 0 Å². The normalized spacial score (nSPS) is 17.5. The van der Waals surface area contributed by atoms with E-state index >= 15 is 0 Å². The zero-order chi connectivity index (χ0) is 21.6. The Labute approximate surface area is 175 Å². The van der Waals surface area contributed by atoms with E-state index in [0.29, 0.717) is 46.1 Å². The third-order valence-electron chi connectivity index (χ3n) is 5.16. The van der Waals surface area contributed by atoms with Crippen LogP contribution < -0.4 is 16.8 Å². The molecular weight excluding hydrogens is 406 g/mol. The van der Waals surface area contributed by atoms with Gasteiger partial charge in [-0.25, -0.2) is 4.98 Å². The van der Waals surface area contributed by atoms with E-state index in [0.717, 1.165) is 11.3 Å². The van der Waals surface area contributed by atoms with Crippen LogP contribution in [-0.4, -0.2) is 30.5 Å². The summed E-state index contributed by atoms with van der Waals surface area (Å²) in [5.41, 5.74) is 12.5. The van der Waals surface area contributed by atoms with Gasteiger partial charge in [0.1, 0.15) is 38.7 Å². The van der Waals surface area contributed by atoms with E-state index in [1.165, 1.54) is 7.11 Å². The molecule has 0 aromatic carbocycles. The van der Waals surface area contributed by atoms with Gasteiger partial charge in [0, 0.05) is 11.9 Å². The van der Waals surface area contributed by atoms with Crippen molar-refractivity contribution in [2.24, 2.45) is 17.6 Å². The molecule has 154 valence electrons. The van der Waals surface area contributed by atoms with Gasteiger partial charge in [0.05, 0.1) is 24.3 Å². The number of nitrogens with two attached hydrogens (primary N) is 2. The summed E-state index contributed by atoms with van der Waals surface area (Å²) < 4.78 is 10.5. The number of carbonyl (C=O) groups excluding carboxylic acids is 2. The number of furan rings is 1. The molecule has 3 heterocycles. The summed E-state index contributed by atoms with van der Waals surface area (Å²) in [6.45, 7) is 2.24. The summed E-state index contributed by atoms with van der Waals surface area (Å²) in [6.07, 6.45) is 0.714. The standard InChI is InChI=1S/C20H19N5O4S/c1-8-3-4-12(29-8)13-11(6-21)18(24-7-9-5-10(9)20(27)28-2)25-19-14(13)15(22)16(30-19)17(23)26/h3-4,9-10H,5,7,22H2,1-2H3,(H2,23,26)(H,24,25). The van der Waals surface area contributed by atoms with Crippen LogP contribution in [0.2, 0.25) is 0 Å². The molecule has 2 atom stereocenters. The molecule has 0 spiro atoms. The number of esters is 1. The van der Waals surface area contributed by atoms with Crippen LogP contribution in [0, 0.1) is 30.1 Å². The minimum atomic E-state index is -0.663. The van der Waals surface area contributed by atoms with Crippen molar-refractivity contribution in [2.75, 3.05) is 24.7 Å². The predicted octanol–water partition coefficient (Wildman–Crippen LogP) is 2.64. The summed E-state index contributed by atoms with van der Waals surface area (Å²) in [5.74, 6) is 0.490. The lowest BCUT2D eigenvalue weighted by Crippen LogP contribution is -2.12. The number of nitrogens with zero attached hydrogens (tertiary/aromatic N) is 2. The molecule has 1 amide bonds. The Kier molecular flexibility index (Phi) is 4.83. The Balaban J connectivity index is 1.82. The first-order valence-corrected chi connectivity index (χ1v) is 10.0. The fourth-order valence-corrected chi connectivity index (χ4v) is 4.49. The first-order valence-electron chi connectivity index (χ1n) is 9.20. The summed E-state index contributed by atoms with van der Waals surface area (Å²) in [4.78, 5) is 28.6. The number of fused-ring (bicyclic) bond motifs is 1. The molecule has 3 aromatic heterocycles. The van der Waals surface area contributed by atoms with Gasteiger partial charge in [0.25, 0.3) is 5.91 Å². The van der Waals surface area contributed by atoms with Gasteiger partial charge in [-0.05, 0) is 31.4 Å². The van der Waals surface area contributed by atoms with Crippen molar-refractivity contribution < 1.29 is 18.7 Å². The van der Waals surface area contributed by atoms with Crippen molar-refractivity contribution in [1.29, 1.82) is 5.26 Å². The third kappa shape index (κ3) is 3.23. The zero-order valence-corrected chi connectivity index (χ0v) is 17.1. The van der Waals surface area contributed by atoms with Crippen molar-refractivity contribution in [2.45, 2.75) is 13.3 Å². The first-order chi connectivity index (χ1) is 14.3. The maximum absolute atomic E-state index is 11.8. The molecule has 0 bridgehead atoms. The van der Waals surface area contributed by atoms with Crippen molar-refractivity contribution in [3.8, 4) is 17.4 Å². The van der Waals surface area contributed by atoms with E-state index in [2.05, 4.69) is 16.4 Å². The van der Waals surface area contributed by atoms with Gasteiger partial charge < -0.3 is 25.9 Å². The lowest BCUT2D eigenvalue weighted by molar-refractivity contribution is -0.142.